The van der Waals surface area contributed by atoms with Gasteiger partial charge in [0.2, 0.25) is 5.82 Å². The van der Waals surface area contributed by atoms with Gasteiger partial charge in [0.15, 0.2) is 5.82 Å². The van der Waals surface area contributed by atoms with Crippen molar-refractivity contribution in [2.24, 2.45) is 0 Å². The van der Waals surface area contributed by atoms with Crippen LogP contribution in [0.15, 0.2) is 36.4 Å². The second-order valence-corrected chi connectivity index (χ2v) is 7.44. The van der Waals surface area contributed by atoms with Crippen LogP contribution in [0.2, 0.25) is 5.02 Å². The molecule has 2 aromatic carbocycles. The SMILES string of the molecule is COc1cccc(C2OC(CC(=O)O)c3nnc(C(F)(F)F)n3-c3ccc(C#N)cc32)c1Cl. The van der Waals surface area contributed by atoms with Crippen LogP contribution in [0.4, 0.5) is 13.2 Å². The highest BCUT2D eigenvalue weighted by atomic mass is 35.5. The van der Waals surface area contributed by atoms with Crippen LogP contribution in [0.25, 0.3) is 5.69 Å². The summed E-state index contributed by atoms with van der Waals surface area (Å²) in [5.74, 6) is -2.72. The summed E-state index contributed by atoms with van der Waals surface area (Å²) in [6, 6.07) is 10.7. The molecule has 0 saturated carbocycles. The Bertz CT molecular complexity index is 1290. The zero-order valence-electron chi connectivity index (χ0n) is 16.8. The molecule has 33 heavy (non-hydrogen) atoms. The Kier molecular flexibility index (Phi) is 5.73. The highest BCUT2D eigenvalue weighted by Gasteiger charge is 2.43. The van der Waals surface area contributed by atoms with Crippen molar-refractivity contribution in [1.82, 2.24) is 14.8 Å². The Morgan fingerprint density at radius 3 is 2.70 bits per heavy atom. The molecule has 2 atom stereocenters. The monoisotopic (exact) mass is 478 g/mol. The van der Waals surface area contributed by atoms with E-state index in [1.807, 2.05) is 6.07 Å². The number of carbonyl (C=O) groups is 1. The molecule has 4 rings (SSSR count). The molecule has 8 nitrogen and oxygen atoms in total. The van der Waals surface area contributed by atoms with Crippen LogP contribution in [0, 0.1) is 11.3 Å². The van der Waals surface area contributed by atoms with Gasteiger partial charge in [-0.3, -0.25) is 9.36 Å². The maximum Gasteiger partial charge on any atom is 0.452 e. The summed E-state index contributed by atoms with van der Waals surface area (Å²) in [6.07, 6.45) is -8.12. The van der Waals surface area contributed by atoms with Gasteiger partial charge in [-0.15, -0.1) is 10.2 Å². The van der Waals surface area contributed by atoms with Crippen LogP contribution in [-0.4, -0.2) is 33.0 Å². The lowest BCUT2D eigenvalue weighted by molar-refractivity contribution is -0.146. The lowest BCUT2D eigenvalue weighted by Gasteiger charge is -2.23. The summed E-state index contributed by atoms with van der Waals surface area (Å²) in [5, 5.41) is 25.8. The van der Waals surface area contributed by atoms with Gasteiger partial charge in [0.1, 0.15) is 18.0 Å². The van der Waals surface area contributed by atoms with Gasteiger partial charge >= 0.3 is 12.1 Å². The summed E-state index contributed by atoms with van der Waals surface area (Å²) < 4.78 is 53.3. The van der Waals surface area contributed by atoms with Crippen molar-refractivity contribution in [2.75, 3.05) is 7.11 Å². The minimum atomic E-state index is -4.89. The molecule has 1 N–H and O–H groups in total. The number of nitriles is 1. The molecule has 0 aliphatic carbocycles. The standard InChI is InChI=1S/C21H14ClF3N4O4/c1-32-14-4-2-3-11(17(14)22)18-12-7-10(9-26)5-6-13(12)29-19(15(33-18)8-16(30)31)27-28-20(29)21(23,24)25/h2-7,15,18H,8H2,1H3,(H,30,31). The second kappa shape index (κ2) is 8.38. The van der Waals surface area contributed by atoms with E-state index < -0.39 is 36.6 Å². The van der Waals surface area contributed by atoms with Crippen LogP contribution in [0.5, 0.6) is 5.75 Å². The fourth-order valence-corrected chi connectivity index (χ4v) is 3.99. The quantitative estimate of drug-likeness (QED) is 0.589. The molecule has 0 spiro atoms. The number of aromatic nitrogens is 3. The van der Waals surface area contributed by atoms with Crippen molar-refractivity contribution in [3.8, 4) is 17.5 Å². The molecule has 0 bridgehead atoms. The molecule has 1 aliphatic heterocycles. The Morgan fingerprint density at radius 2 is 2.06 bits per heavy atom. The summed E-state index contributed by atoms with van der Waals surface area (Å²) in [6.45, 7) is 0. The normalized spacial score (nSPS) is 17.5. The molecule has 0 saturated heterocycles. The highest BCUT2D eigenvalue weighted by Crippen LogP contribution is 2.46. The van der Waals surface area contributed by atoms with Crippen molar-refractivity contribution < 1.29 is 32.5 Å². The lowest BCUT2D eigenvalue weighted by Crippen LogP contribution is -2.17. The molecule has 2 unspecified atom stereocenters. The summed E-state index contributed by atoms with van der Waals surface area (Å²) in [4.78, 5) is 11.5. The van der Waals surface area contributed by atoms with Crippen molar-refractivity contribution in [3.63, 3.8) is 0 Å². The Morgan fingerprint density at radius 1 is 1.30 bits per heavy atom. The number of ether oxygens (including phenoxy) is 2. The molecule has 3 aromatic rings. The zero-order valence-corrected chi connectivity index (χ0v) is 17.6. The number of carboxylic acid groups (broad SMARTS) is 1. The largest absolute Gasteiger partial charge is 0.495 e. The smallest absolute Gasteiger partial charge is 0.452 e. The second-order valence-electron chi connectivity index (χ2n) is 7.07. The molecule has 12 heteroatoms. The fraction of sp³-hybridized carbons (Fsp3) is 0.238. The molecular weight excluding hydrogens is 465 g/mol. The maximum absolute atomic E-state index is 13.8. The van der Waals surface area contributed by atoms with Crippen molar-refractivity contribution in [1.29, 1.82) is 5.26 Å². The summed E-state index contributed by atoms with van der Waals surface area (Å²) >= 11 is 6.48. The first-order valence-electron chi connectivity index (χ1n) is 9.42. The molecule has 0 radical (unpaired) electrons. The van der Waals surface area contributed by atoms with E-state index >= 15 is 0 Å². The van der Waals surface area contributed by atoms with Gasteiger partial charge in [0.05, 0.1) is 35.9 Å². The first kappa shape index (κ1) is 22.6. The number of halogens is 4. The van der Waals surface area contributed by atoms with E-state index in [2.05, 4.69) is 10.2 Å². The minimum Gasteiger partial charge on any atom is -0.495 e. The first-order valence-corrected chi connectivity index (χ1v) is 9.80. The average molecular weight is 479 g/mol. The van der Waals surface area contributed by atoms with E-state index in [0.29, 0.717) is 5.56 Å². The zero-order chi connectivity index (χ0) is 23.9. The third-order valence-corrected chi connectivity index (χ3v) is 5.47. The number of fused-ring (bicyclic) bond motifs is 3. The van der Waals surface area contributed by atoms with Gasteiger partial charge in [-0.25, -0.2) is 0 Å². The van der Waals surface area contributed by atoms with Gasteiger partial charge in [0, 0.05) is 11.1 Å². The van der Waals surface area contributed by atoms with Crippen LogP contribution < -0.4 is 4.74 Å². The van der Waals surface area contributed by atoms with Gasteiger partial charge < -0.3 is 14.6 Å². The number of nitrogens with zero attached hydrogens (tertiary/aromatic N) is 4. The lowest BCUT2D eigenvalue weighted by atomic mass is 9.97. The van der Waals surface area contributed by atoms with Gasteiger partial charge in [0.25, 0.3) is 0 Å². The Hall–Kier alpha value is -3.62. The number of hydrogen-bond donors (Lipinski definition) is 1. The van der Waals surface area contributed by atoms with E-state index in [9.17, 15) is 28.3 Å². The maximum atomic E-state index is 13.8. The van der Waals surface area contributed by atoms with E-state index in [4.69, 9.17) is 21.1 Å². The number of hydrogen-bond acceptors (Lipinski definition) is 6. The number of benzene rings is 2. The average Bonchev–Trinajstić information content (AvgIpc) is 3.17. The number of aliphatic carboxylic acids is 1. The molecule has 2 heterocycles. The van der Waals surface area contributed by atoms with Gasteiger partial charge in [-0.2, -0.15) is 18.4 Å². The molecule has 1 aromatic heterocycles. The minimum absolute atomic E-state index is 0.0156. The van der Waals surface area contributed by atoms with Crippen LogP contribution in [-0.2, 0) is 15.7 Å². The summed E-state index contributed by atoms with van der Waals surface area (Å²) in [5.41, 5.74) is 0.609. The predicted octanol–water partition coefficient (Wildman–Crippen LogP) is 4.46. The molecule has 1 aliphatic rings. The van der Waals surface area contributed by atoms with Crippen molar-refractivity contribution in [3.05, 3.63) is 69.8 Å². The number of rotatable bonds is 4. The summed E-state index contributed by atoms with van der Waals surface area (Å²) in [7, 11) is 1.39. The molecule has 0 fully saturated rings. The van der Waals surface area contributed by atoms with Gasteiger partial charge in [-0.1, -0.05) is 23.7 Å². The molecular formula is C21H14ClF3N4O4. The molecule has 170 valence electrons. The molecule has 0 amide bonds. The van der Waals surface area contributed by atoms with Crippen molar-refractivity contribution in [2.45, 2.75) is 24.8 Å². The van der Waals surface area contributed by atoms with E-state index in [1.165, 1.54) is 25.3 Å². The number of methoxy groups -OCH3 is 1. The first-order chi connectivity index (χ1) is 15.7. The topological polar surface area (TPSA) is 110 Å². The van der Waals surface area contributed by atoms with E-state index in [0.717, 1.165) is 4.57 Å². The van der Waals surface area contributed by atoms with Gasteiger partial charge in [-0.05, 0) is 24.3 Å². The van der Waals surface area contributed by atoms with E-state index in [-0.39, 0.29) is 33.4 Å². The predicted molar refractivity (Wildman–Crippen MR) is 107 cm³/mol. The number of carboxylic acids is 1. The Balaban J connectivity index is 2.05. The Labute approximate surface area is 189 Å². The third kappa shape index (κ3) is 3.99. The van der Waals surface area contributed by atoms with Crippen molar-refractivity contribution >= 4 is 17.6 Å². The highest BCUT2D eigenvalue weighted by molar-refractivity contribution is 6.32. The van der Waals surface area contributed by atoms with Crippen LogP contribution in [0.1, 0.15) is 47.0 Å². The number of alkyl halides is 3. The van der Waals surface area contributed by atoms with Crippen LogP contribution in [0.3, 0.4) is 0 Å². The van der Waals surface area contributed by atoms with E-state index in [1.54, 1.807) is 18.2 Å². The van der Waals surface area contributed by atoms with Crippen LogP contribution >= 0.6 is 11.6 Å². The fourth-order valence-electron chi connectivity index (χ4n) is 3.69. The third-order valence-electron chi connectivity index (χ3n) is 5.07.